The van der Waals surface area contributed by atoms with Crippen molar-refractivity contribution in [1.29, 1.82) is 0 Å². The van der Waals surface area contributed by atoms with Crippen LogP contribution in [0, 0.1) is 0 Å². The van der Waals surface area contributed by atoms with Crippen LogP contribution >= 0.6 is 0 Å². The summed E-state index contributed by atoms with van der Waals surface area (Å²) in [6.45, 7) is 4.35. The summed E-state index contributed by atoms with van der Waals surface area (Å²) < 4.78 is 0. The highest BCUT2D eigenvalue weighted by Crippen LogP contribution is 2.15. The molecule has 3 nitrogen and oxygen atoms in total. The van der Waals surface area contributed by atoms with Crippen molar-refractivity contribution in [2.75, 3.05) is 0 Å². The fourth-order valence-corrected chi connectivity index (χ4v) is 1.03. The second-order valence-electron chi connectivity index (χ2n) is 2.58. The monoisotopic (exact) mass is 139 g/mol. The van der Waals surface area contributed by atoms with E-state index in [2.05, 4.69) is 29.3 Å². The van der Waals surface area contributed by atoms with Crippen LogP contribution in [-0.2, 0) is 0 Å². The van der Waals surface area contributed by atoms with E-state index in [0.717, 1.165) is 5.69 Å². The maximum Gasteiger partial charge on any atom is 0.0852 e. The minimum Gasteiger partial charge on any atom is -0.198 e. The maximum absolute atomic E-state index is 4.00. The van der Waals surface area contributed by atoms with E-state index in [0.29, 0.717) is 5.92 Å². The molecule has 0 amide bonds. The van der Waals surface area contributed by atoms with Crippen LogP contribution in [0.2, 0.25) is 0 Å². The van der Waals surface area contributed by atoms with Gasteiger partial charge in [-0.3, -0.25) is 0 Å². The maximum atomic E-state index is 4.00. The topological polar surface area (TPSA) is 41.6 Å². The fourth-order valence-electron chi connectivity index (χ4n) is 1.03. The molecule has 0 aromatic carbocycles. The van der Waals surface area contributed by atoms with Crippen LogP contribution in [0.5, 0.6) is 0 Å². The van der Waals surface area contributed by atoms with E-state index in [1.165, 1.54) is 12.8 Å². The van der Waals surface area contributed by atoms with E-state index < -0.39 is 0 Å². The van der Waals surface area contributed by atoms with E-state index in [1.54, 1.807) is 6.20 Å². The number of aromatic nitrogens is 3. The zero-order valence-electron chi connectivity index (χ0n) is 6.46. The van der Waals surface area contributed by atoms with Gasteiger partial charge in [-0.1, -0.05) is 20.3 Å². The smallest absolute Gasteiger partial charge is 0.0852 e. The number of H-pyrrole nitrogens is 1. The largest absolute Gasteiger partial charge is 0.198 e. The van der Waals surface area contributed by atoms with Crippen molar-refractivity contribution >= 4 is 0 Å². The van der Waals surface area contributed by atoms with Gasteiger partial charge in [0.1, 0.15) is 0 Å². The number of rotatable bonds is 3. The molecule has 0 saturated heterocycles. The molecular formula is C7H13N3. The highest BCUT2D eigenvalue weighted by atomic mass is 15.3. The molecule has 0 saturated carbocycles. The first kappa shape index (κ1) is 7.25. The first-order chi connectivity index (χ1) is 4.84. The molecule has 0 fully saturated rings. The molecule has 1 unspecified atom stereocenters. The van der Waals surface area contributed by atoms with E-state index in [9.17, 15) is 0 Å². The van der Waals surface area contributed by atoms with E-state index in [4.69, 9.17) is 0 Å². The van der Waals surface area contributed by atoms with E-state index in [-0.39, 0.29) is 0 Å². The predicted octanol–water partition coefficient (Wildman–Crippen LogP) is 1.71. The van der Waals surface area contributed by atoms with Crippen molar-refractivity contribution in [3.63, 3.8) is 0 Å². The molecule has 0 radical (unpaired) electrons. The van der Waals surface area contributed by atoms with Gasteiger partial charge in [-0.2, -0.15) is 15.4 Å². The minimum absolute atomic E-state index is 0.545. The van der Waals surface area contributed by atoms with Crippen molar-refractivity contribution in [1.82, 2.24) is 15.4 Å². The average molecular weight is 139 g/mol. The molecule has 1 rings (SSSR count). The summed E-state index contributed by atoms with van der Waals surface area (Å²) in [5.74, 6) is 0.545. The summed E-state index contributed by atoms with van der Waals surface area (Å²) >= 11 is 0. The van der Waals surface area contributed by atoms with E-state index >= 15 is 0 Å². The van der Waals surface area contributed by atoms with Crippen LogP contribution in [0.3, 0.4) is 0 Å². The second kappa shape index (κ2) is 3.34. The highest BCUT2D eigenvalue weighted by Gasteiger charge is 2.05. The Morgan fingerprint density at radius 1 is 1.70 bits per heavy atom. The van der Waals surface area contributed by atoms with Crippen molar-refractivity contribution in [3.8, 4) is 0 Å². The zero-order valence-corrected chi connectivity index (χ0v) is 6.46. The molecule has 1 heterocycles. The van der Waals surface area contributed by atoms with Gasteiger partial charge in [-0.15, -0.1) is 0 Å². The Morgan fingerprint density at radius 2 is 2.50 bits per heavy atom. The Kier molecular flexibility index (Phi) is 2.42. The summed E-state index contributed by atoms with van der Waals surface area (Å²) in [5.41, 5.74) is 1.07. The zero-order chi connectivity index (χ0) is 7.40. The molecule has 0 aliphatic rings. The van der Waals surface area contributed by atoms with Crippen LogP contribution in [0.15, 0.2) is 6.20 Å². The van der Waals surface area contributed by atoms with Crippen LogP contribution < -0.4 is 0 Å². The molecule has 0 aliphatic heterocycles. The summed E-state index contributed by atoms with van der Waals surface area (Å²) in [7, 11) is 0. The number of nitrogens with zero attached hydrogens (tertiary/aromatic N) is 2. The lowest BCUT2D eigenvalue weighted by atomic mass is 10.0. The molecule has 0 aliphatic carbocycles. The Hall–Kier alpha value is -0.860. The Balaban J connectivity index is 2.50. The number of hydrogen-bond acceptors (Lipinski definition) is 2. The summed E-state index contributed by atoms with van der Waals surface area (Å²) in [6, 6.07) is 0. The van der Waals surface area contributed by atoms with Crippen LogP contribution in [-0.4, -0.2) is 15.4 Å². The third-order valence-corrected chi connectivity index (χ3v) is 1.66. The Labute approximate surface area is 60.8 Å². The van der Waals surface area contributed by atoms with Crippen LogP contribution in [0.25, 0.3) is 0 Å². The lowest BCUT2D eigenvalue weighted by Gasteiger charge is -2.02. The van der Waals surface area contributed by atoms with Gasteiger partial charge in [0.05, 0.1) is 11.9 Å². The van der Waals surface area contributed by atoms with Gasteiger partial charge in [0, 0.05) is 5.92 Å². The molecule has 1 atom stereocenters. The number of aromatic amines is 1. The van der Waals surface area contributed by atoms with Gasteiger partial charge in [-0.25, -0.2) is 0 Å². The van der Waals surface area contributed by atoms with Crippen molar-refractivity contribution < 1.29 is 0 Å². The number of hydrogen-bond donors (Lipinski definition) is 1. The normalized spacial score (nSPS) is 13.4. The second-order valence-corrected chi connectivity index (χ2v) is 2.58. The minimum atomic E-state index is 0.545. The number of nitrogens with one attached hydrogen (secondary N) is 1. The molecule has 3 heteroatoms. The molecule has 0 bridgehead atoms. The van der Waals surface area contributed by atoms with Crippen LogP contribution in [0.4, 0.5) is 0 Å². The quantitative estimate of drug-likeness (QED) is 0.692. The van der Waals surface area contributed by atoms with Gasteiger partial charge >= 0.3 is 0 Å². The Bertz CT molecular complexity index is 169. The SMILES string of the molecule is CCCC(C)c1cn[nH]n1. The first-order valence-electron chi connectivity index (χ1n) is 3.70. The average Bonchev–Trinajstić information content (AvgIpc) is 2.38. The predicted molar refractivity (Wildman–Crippen MR) is 39.7 cm³/mol. The fraction of sp³-hybridized carbons (Fsp3) is 0.714. The standard InChI is InChI=1S/C7H13N3/c1-3-4-6(2)7-5-8-10-9-7/h5-6H,3-4H2,1-2H3,(H,8,9,10). The first-order valence-corrected chi connectivity index (χ1v) is 3.70. The highest BCUT2D eigenvalue weighted by molar-refractivity contribution is 4.98. The Morgan fingerprint density at radius 3 is 3.00 bits per heavy atom. The lowest BCUT2D eigenvalue weighted by molar-refractivity contribution is 0.645. The molecule has 56 valence electrons. The molecule has 10 heavy (non-hydrogen) atoms. The molecule has 0 spiro atoms. The third kappa shape index (κ3) is 1.56. The molecule has 1 aromatic heterocycles. The van der Waals surface area contributed by atoms with E-state index in [1.807, 2.05) is 0 Å². The third-order valence-electron chi connectivity index (χ3n) is 1.66. The van der Waals surface area contributed by atoms with Gasteiger partial charge in [0.2, 0.25) is 0 Å². The van der Waals surface area contributed by atoms with Gasteiger partial charge in [0.15, 0.2) is 0 Å². The van der Waals surface area contributed by atoms with Crippen LogP contribution in [0.1, 0.15) is 38.3 Å². The van der Waals surface area contributed by atoms with Gasteiger partial charge in [-0.05, 0) is 6.42 Å². The van der Waals surface area contributed by atoms with Gasteiger partial charge < -0.3 is 0 Å². The summed E-state index contributed by atoms with van der Waals surface area (Å²) in [4.78, 5) is 0. The van der Waals surface area contributed by atoms with Crippen molar-refractivity contribution in [2.45, 2.75) is 32.6 Å². The molecule has 1 N–H and O–H groups in total. The summed E-state index contributed by atoms with van der Waals surface area (Å²) in [5, 5.41) is 10.4. The molecule has 1 aromatic rings. The lowest BCUT2D eigenvalue weighted by Crippen LogP contribution is -1.92. The van der Waals surface area contributed by atoms with Crippen molar-refractivity contribution in [2.24, 2.45) is 0 Å². The van der Waals surface area contributed by atoms with Crippen molar-refractivity contribution in [3.05, 3.63) is 11.9 Å². The van der Waals surface area contributed by atoms with Gasteiger partial charge in [0.25, 0.3) is 0 Å². The molecular weight excluding hydrogens is 126 g/mol. The summed E-state index contributed by atoms with van der Waals surface area (Å²) in [6.07, 6.45) is 4.18.